The van der Waals surface area contributed by atoms with E-state index in [-0.39, 0.29) is 29.8 Å². The molecule has 4 rings (SSSR count). The molecular formula is C22H23N3O5S. The fourth-order valence-electron chi connectivity index (χ4n) is 3.48. The molecule has 0 bridgehead atoms. The van der Waals surface area contributed by atoms with Gasteiger partial charge in [-0.3, -0.25) is 9.59 Å². The number of carbonyl (C=O) groups excluding carboxylic acids is 2. The van der Waals surface area contributed by atoms with Crippen LogP contribution < -0.4 is 10.1 Å². The number of fused-ring (bicyclic) bond motifs is 1. The minimum atomic E-state index is -3.76. The maximum atomic E-state index is 13.1. The monoisotopic (exact) mass is 441 g/mol. The van der Waals surface area contributed by atoms with Gasteiger partial charge >= 0.3 is 0 Å². The number of hydrogen-bond donors (Lipinski definition) is 1. The van der Waals surface area contributed by atoms with Gasteiger partial charge in [0.25, 0.3) is 5.91 Å². The van der Waals surface area contributed by atoms with Crippen LogP contribution in [0, 0.1) is 0 Å². The van der Waals surface area contributed by atoms with Crippen LogP contribution in [0.3, 0.4) is 0 Å². The molecule has 2 heterocycles. The molecule has 2 aromatic rings. The molecule has 0 radical (unpaired) electrons. The van der Waals surface area contributed by atoms with E-state index in [2.05, 4.69) is 5.32 Å². The van der Waals surface area contributed by atoms with Crippen molar-refractivity contribution in [3.63, 3.8) is 0 Å². The smallest absolute Gasteiger partial charge is 0.265 e. The molecule has 1 saturated heterocycles. The van der Waals surface area contributed by atoms with Gasteiger partial charge in [0.2, 0.25) is 15.9 Å². The van der Waals surface area contributed by atoms with E-state index in [4.69, 9.17) is 4.74 Å². The second-order valence-corrected chi connectivity index (χ2v) is 9.32. The number of sulfonamides is 1. The van der Waals surface area contributed by atoms with Crippen LogP contribution in [0.2, 0.25) is 0 Å². The van der Waals surface area contributed by atoms with E-state index in [0.29, 0.717) is 24.5 Å². The molecule has 2 aromatic carbocycles. The minimum absolute atomic E-state index is 0.0773. The van der Waals surface area contributed by atoms with Crippen LogP contribution in [-0.2, 0) is 19.6 Å². The molecule has 0 saturated carbocycles. The zero-order valence-electron chi connectivity index (χ0n) is 17.0. The topological polar surface area (TPSA) is 96.0 Å². The first-order chi connectivity index (χ1) is 14.8. The fraction of sp³-hybridized carbons (Fsp3) is 0.273. The van der Waals surface area contributed by atoms with Crippen LogP contribution in [0.1, 0.15) is 12.5 Å². The molecule has 9 heteroatoms. The molecule has 162 valence electrons. The van der Waals surface area contributed by atoms with Gasteiger partial charge in [-0.2, -0.15) is 4.31 Å². The predicted octanol–water partition coefficient (Wildman–Crippen LogP) is 1.95. The van der Waals surface area contributed by atoms with E-state index in [1.54, 1.807) is 24.0 Å². The zero-order chi connectivity index (χ0) is 22.0. The Kier molecular flexibility index (Phi) is 5.79. The summed E-state index contributed by atoms with van der Waals surface area (Å²) in [5, 5.41) is 2.67. The molecule has 2 aliphatic heterocycles. The molecule has 0 aromatic heterocycles. The molecule has 2 aliphatic rings. The van der Waals surface area contributed by atoms with Crippen LogP contribution in [0.5, 0.6) is 5.75 Å². The second-order valence-electron chi connectivity index (χ2n) is 7.38. The molecule has 2 amide bonds. The first kappa shape index (κ1) is 21.1. The van der Waals surface area contributed by atoms with E-state index >= 15 is 0 Å². The number of hydrogen-bond acceptors (Lipinski definition) is 5. The van der Waals surface area contributed by atoms with Crippen LogP contribution >= 0.6 is 0 Å². The van der Waals surface area contributed by atoms with Gasteiger partial charge in [0.15, 0.2) is 6.10 Å². The molecule has 1 unspecified atom stereocenters. The minimum Gasteiger partial charge on any atom is -0.479 e. The third kappa shape index (κ3) is 4.47. The van der Waals surface area contributed by atoms with Crippen LogP contribution in [0.4, 0.5) is 5.69 Å². The number of amides is 2. The molecule has 8 nitrogen and oxygen atoms in total. The predicted molar refractivity (Wildman–Crippen MR) is 116 cm³/mol. The average molecular weight is 442 g/mol. The van der Waals surface area contributed by atoms with Crippen molar-refractivity contribution in [3.8, 4) is 5.75 Å². The lowest BCUT2D eigenvalue weighted by Crippen LogP contribution is -2.50. The van der Waals surface area contributed by atoms with Crippen molar-refractivity contribution >= 4 is 33.6 Å². The van der Waals surface area contributed by atoms with Gasteiger partial charge in [0.1, 0.15) is 5.75 Å². The summed E-state index contributed by atoms with van der Waals surface area (Å²) in [6, 6.07) is 13.9. The fourth-order valence-corrected chi connectivity index (χ4v) is 4.93. The van der Waals surface area contributed by atoms with Crippen molar-refractivity contribution in [3.05, 3.63) is 60.2 Å². The highest BCUT2D eigenvalue weighted by atomic mass is 32.2. The first-order valence-corrected chi connectivity index (χ1v) is 11.4. The molecule has 1 atom stereocenters. The van der Waals surface area contributed by atoms with Crippen molar-refractivity contribution in [2.45, 2.75) is 17.9 Å². The quantitative estimate of drug-likeness (QED) is 0.732. The van der Waals surface area contributed by atoms with Gasteiger partial charge in [0, 0.05) is 32.3 Å². The lowest BCUT2D eigenvalue weighted by atomic mass is 10.2. The van der Waals surface area contributed by atoms with Gasteiger partial charge in [-0.25, -0.2) is 8.42 Å². The summed E-state index contributed by atoms with van der Waals surface area (Å²) in [5.41, 5.74) is 1.26. The third-order valence-electron chi connectivity index (χ3n) is 5.29. The summed E-state index contributed by atoms with van der Waals surface area (Å²) in [7, 11) is -3.76. The Hall–Kier alpha value is -3.17. The number of nitrogens with zero attached hydrogens (tertiary/aromatic N) is 2. The largest absolute Gasteiger partial charge is 0.479 e. The van der Waals surface area contributed by atoms with Gasteiger partial charge in [-0.15, -0.1) is 0 Å². The Morgan fingerprint density at radius 3 is 2.52 bits per heavy atom. The molecule has 0 aliphatic carbocycles. The molecule has 1 fully saturated rings. The highest BCUT2D eigenvalue weighted by Gasteiger charge is 2.31. The van der Waals surface area contributed by atoms with Crippen molar-refractivity contribution in [2.24, 2.45) is 0 Å². The SMILES string of the molecule is CC1Oc2ccc(S(=O)(=O)N3CCN(C(=O)C=Cc4ccccc4)CC3)cc2NC1=O. The van der Waals surface area contributed by atoms with Gasteiger partial charge in [-0.05, 0) is 36.8 Å². The van der Waals surface area contributed by atoms with Crippen LogP contribution in [0.25, 0.3) is 6.08 Å². The van der Waals surface area contributed by atoms with Gasteiger partial charge in [0.05, 0.1) is 10.6 Å². The van der Waals surface area contributed by atoms with E-state index in [9.17, 15) is 18.0 Å². The summed E-state index contributed by atoms with van der Waals surface area (Å²) in [6.07, 6.45) is 2.62. The Morgan fingerprint density at radius 2 is 1.81 bits per heavy atom. The highest BCUT2D eigenvalue weighted by Crippen LogP contribution is 2.32. The Balaban J connectivity index is 1.41. The number of rotatable bonds is 4. The van der Waals surface area contributed by atoms with Crippen molar-refractivity contribution in [2.75, 3.05) is 31.5 Å². The summed E-state index contributed by atoms with van der Waals surface area (Å²) >= 11 is 0. The van der Waals surface area contributed by atoms with Crippen molar-refractivity contribution in [1.82, 2.24) is 9.21 Å². The number of anilines is 1. The zero-order valence-corrected chi connectivity index (χ0v) is 17.8. The van der Waals surface area contributed by atoms with Crippen LogP contribution in [-0.4, -0.2) is 61.7 Å². The Morgan fingerprint density at radius 1 is 1.10 bits per heavy atom. The van der Waals surface area contributed by atoms with E-state index in [0.717, 1.165) is 5.56 Å². The van der Waals surface area contributed by atoms with E-state index < -0.39 is 16.1 Å². The Labute approximate surface area is 181 Å². The van der Waals surface area contributed by atoms with Gasteiger partial charge in [-0.1, -0.05) is 30.3 Å². The molecule has 0 spiro atoms. The number of carbonyl (C=O) groups is 2. The van der Waals surface area contributed by atoms with Crippen LogP contribution in [0.15, 0.2) is 59.5 Å². The standard InChI is InChI=1S/C22H23N3O5S/c1-16-22(27)23-19-15-18(8-9-20(19)30-16)31(28,29)25-13-11-24(12-14-25)21(26)10-7-17-5-3-2-4-6-17/h2-10,15-16H,11-14H2,1H3,(H,23,27). The molecule has 1 N–H and O–H groups in total. The number of benzene rings is 2. The van der Waals surface area contributed by atoms with E-state index in [1.807, 2.05) is 30.3 Å². The maximum Gasteiger partial charge on any atom is 0.265 e. The summed E-state index contributed by atoms with van der Waals surface area (Å²) < 4.78 is 33.0. The maximum absolute atomic E-state index is 13.1. The molecule has 31 heavy (non-hydrogen) atoms. The number of ether oxygens (including phenoxy) is 1. The van der Waals surface area contributed by atoms with Gasteiger partial charge < -0.3 is 15.0 Å². The lowest BCUT2D eigenvalue weighted by Gasteiger charge is -2.33. The summed E-state index contributed by atoms with van der Waals surface area (Å²) in [5.74, 6) is -0.0342. The third-order valence-corrected chi connectivity index (χ3v) is 7.18. The first-order valence-electron chi connectivity index (χ1n) is 9.98. The molecular weight excluding hydrogens is 418 g/mol. The lowest BCUT2D eigenvalue weighted by molar-refractivity contribution is -0.127. The number of nitrogens with one attached hydrogen (secondary N) is 1. The summed E-state index contributed by atoms with van der Waals surface area (Å²) in [4.78, 5) is 26.0. The normalized spacial score (nSPS) is 19.6. The highest BCUT2D eigenvalue weighted by molar-refractivity contribution is 7.89. The van der Waals surface area contributed by atoms with E-state index in [1.165, 1.54) is 22.5 Å². The second kappa shape index (κ2) is 8.52. The number of piperazine rings is 1. The Bertz CT molecular complexity index is 1120. The average Bonchev–Trinajstić information content (AvgIpc) is 2.78. The van der Waals surface area contributed by atoms with Crippen molar-refractivity contribution < 1.29 is 22.7 Å². The van der Waals surface area contributed by atoms with Crippen molar-refractivity contribution in [1.29, 1.82) is 0 Å². The summed E-state index contributed by atoms with van der Waals surface area (Å²) in [6.45, 7) is 2.63.